The number of nitrogens with two attached hydrogens (primary N) is 6. The largest absolute Gasteiger partial charge is 0.490 e. The Bertz CT molecular complexity index is 4190. The topological polar surface area (TPSA) is 333 Å². The SMILES string of the molecule is FC(F)(F)C(F)(F)C1=Nc2cc(Cl)c(-c3cccc(Cl)c3Cl)cc2C1.Nc1cc(Cl)c(-c2cccc(Cl)c2Cl)cc1N.Nc1cc(Cl)c(I)cc1N.Nc1cc(Cl)c(I)cc1[N+](=O)[O-].Nc1cc(Cl)ccc1[N+](=O)[O-].O=C(O)C(F)(F)C(F)(F)F.OB(O)c1cccc(Cl)c1Cl. The second-order valence-electron chi connectivity index (χ2n) is 18.3. The Hall–Kier alpha value is -5.57. The minimum Gasteiger partial charge on any atom is -0.477 e. The van der Waals surface area contributed by atoms with Crippen molar-refractivity contribution >= 4 is 248 Å². The van der Waals surface area contributed by atoms with Crippen molar-refractivity contribution in [1.29, 1.82) is 0 Å². The van der Waals surface area contributed by atoms with Crippen LogP contribution in [0.3, 0.4) is 0 Å². The highest BCUT2D eigenvalue weighted by molar-refractivity contribution is 14.1. The third kappa shape index (κ3) is 23.0. The maximum atomic E-state index is 13.5. The molecule has 1 aliphatic heterocycles. The van der Waals surface area contributed by atoms with Crippen LogP contribution in [-0.4, -0.2) is 68.0 Å². The van der Waals surface area contributed by atoms with Gasteiger partial charge in [0, 0.05) is 58.4 Å². The van der Waals surface area contributed by atoms with Crippen LogP contribution in [0.1, 0.15) is 5.56 Å². The van der Waals surface area contributed by atoms with Crippen molar-refractivity contribution in [3.05, 3.63) is 210 Å². The highest BCUT2D eigenvalue weighted by Crippen LogP contribution is 2.46. The average molecular weight is 1800 g/mol. The number of anilines is 6. The van der Waals surface area contributed by atoms with Crippen molar-refractivity contribution < 1.29 is 73.7 Å². The fraction of sp³-hybridized carbons (Fsp3) is 0.0909. The fourth-order valence-corrected chi connectivity index (χ4v) is 10.0. The first-order valence-electron chi connectivity index (χ1n) is 24.7. The summed E-state index contributed by atoms with van der Waals surface area (Å²) < 4.78 is 122. The second-order valence-corrected chi connectivity index (χ2v) is 25.0. The van der Waals surface area contributed by atoms with Crippen molar-refractivity contribution in [1.82, 2.24) is 0 Å². The Kier molecular flexibility index (Phi) is 31.7. The highest BCUT2D eigenvalue weighted by Gasteiger charge is 2.64. The number of aliphatic imine (C=N–C) groups is 1. The van der Waals surface area contributed by atoms with Crippen LogP contribution in [0.5, 0.6) is 0 Å². The number of fused-ring (bicyclic) bond motifs is 1. The number of rotatable bonds is 7. The molecule has 1 aliphatic rings. The molecular weight excluding hydrogens is 1760 g/mol. The number of carbonyl (C=O) groups is 1. The van der Waals surface area contributed by atoms with E-state index in [1.165, 1.54) is 48.5 Å². The molecule has 0 amide bonds. The number of nitro benzene ring substituents is 2. The summed E-state index contributed by atoms with van der Waals surface area (Å²) in [5, 5.41) is 49.3. The van der Waals surface area contributed by atoms with E-state index in [9.17, 15) is 68.9 Å². The molecule has 0 aromatic heterocycles. The molecule has 0 fully saturated rings. The Morgan fingerprint density at radius 1 is 0.479 bits per heavy atom. The maximum Gasteiger partial charge on any atom is 0.490 e. The Balaban J connectivity index is 0.000000302. The van der Waals surface area contributed by atoms with E-state index in [1.807, 2.05) is 28.7 Å². The van der Waals surface area contributed by atoms with Crippen LogP contribution in [0.15, 0.2) is 126 Å². The van der Waals surface area contributed by atoms with Crippen molar-refractivity contribution in [2.24, 2.45) is 4.99 Å². The lowest BCUT2D eigenvalue weighted by Gasteiger charge is -2.19. The van der Waals surface area contributed by atoms with E-state index >= 15 is 0 Å². The Morgan fingerprint density at radius 3 is 1.30 bits per heavy atom. The van der Waals surface area contributed by atoms with Gasteiger partial charge in [0.1, 0.15) is 17.1 Å². The van der Waals surface area contributed by atoms with E-state index in [0.717, 1.165) is 9.13 Å². The van der Waals surface area contributed by atoms with Crippen LogP contribution in [0.4, 0.5) is 95.1 Å². The van der Waals surface area contributed by atoms with Gasteiger partial charge in [-0.3, -0.25) is 25.2 Å². The first kappa shape index (κ1) is 84.7. The molecule has 0 atom stereocenters. The molecule has 9 rings (SSSR count). The zero-order valence-electron chi connectivity index (χ0n) is 46.7. The third-order valence-corrected chi connectivity index (χ3v) is 18.0. The van der Waals surface area contributed by atoms with Gasteiger partial charge in [0.05, 0.1) is 88.5 Å². The molecule has 0 spiro atoms. The monoisotopic (exact) mass is 1790 g/mol. The highest BCUT2D eigenvalue weighted by atomic mass is 127. The van der Waals surface area contributed by atoms with Gasteiger partial charge in [0.15, 0.2) is 0 Å². The van der Waals surface area contributed by atoms with Crippen LogP contribution in [0.25, 0.3) is 22.3 Å². The predicted octanol–water partition coefficient (Wildman–Crippen LogP) is 19.9. The van der Waals surface area contributed by atoms with Gasteiger partial charge in [-0.15, -0.1) is 0 Å². The Labute approximate surface area is 618 Å². The average Bonchev–Trinajstić information content (AvgIpc) is 1.59. The molecule has 8 aromatic rings. The van der Waals surface area contributed by atoms with E-state index in [2.05, 4.69) is 27.6 Å². The number of hydrogen-bond donors (Lipinski definition) is 9. The number of aliphatic carboxylic acids is 1. The van der Waals surface area contributed by atoms with Gasteiger partial charge in [-0.05, 0) is 124 Å². The van der Waals surface area contributed by atoms with E-state index in [1.54, 1.807) is 66.7 Å². The Morgan fingerprint density at radius 2 is 0.885 bits per heavy atom. The number of carboxylic acids is 1. The van der Waals surface area contributed by atoms with Gasteiger partial charge in [-0.2, -0.15) is 43.9 Å². The normalized spacial score (nSPS) is 11.5. The van der Waals surface area contributed by atoms with Crippen LogP contribution in [0, 0.1) is 27.4 Å². The number of halogens is 23. The van der Waals surface area contributed by atoms with Gasteiger partial charge < -0.3 is 49.6 Å². The molecule has 17 nitrogen and oxygen atoms in total. The number of alkyl halides is 10. The van der Waals surface area contributed by atoms with Crippen molar-refractivity contribution in [2.45, 2.75) is 30.6 Å². The summed E-state index contributed by atoms with van der Waals surface area (Å²) in [6.45, 7) is 0. The van der Waals surface area contributed by atoms with Crippen LogP contribution >= 0.6 is 173 Å². The molecule has 0 saturated heterocycles. The third-order valence-electron chi connectivity index (χ3n) is 11.6. The zero-order chi connectivity index (χ0) is 73.6. The molecule has 0 saturated carbocycles. The van der Waals surface area contributed by atoms with Crippen molar-refractivity contribution in [2.75, 3.05) is 34.4 Å². The lowest BCUT2D eigenvalue weighted by molar-refractivity contribution is -0.384. The van der Waals surface area contributed by atoms with Crippen molar-refractivity contribution in [3.8, 4) is 22.3 Å². The summed E-state index contributed by atoms with van der Waals surface area (Å²) >= 11 is 68.6. The number of nitrogen functional groups attached to an aromatic ring is 6. The van der Waals surface area contributed by atoms with E-state index in [0.29, 0.717) is 78.2 Å². The van der Waals surface area contributed by atoms with Crippen LogP contribution in [-0.2, 0) is 11.2 Å². The first-order chi connectivity index (χ1) is 44.1. The number of benzene rings is 8. The summed E-state index contributed by atoms with van der Waals surface area (Å²) in [5.74, 6) is -13.8. The molecule has 96 heavy (non-hydrogen) atoms. The van der Waals surface area contributed by atoms with Gasteiger partial charge in [-0.25, -0.2) is 4.79 Å². The lowest BCUT2D eigenvalue weighted by Crippen LogP contribution is -2.44. The first-order valence-corrected chi connectivity index (χ1v) is 31.0. The molecule has 0 aliphatic carbocycles. The molecule has 1 heterocycles. The van der Waals surface area contributed by atoms with Gasteiger partial charge in [-0.1, -0.05) is 164 Å². The molecular formula is C55H37BCl11F10I2N9O8. The summed E-state index contributed by atoms with van der Waals surface area (Å²) in [6.07, 6.45) is -12.4. The number of carboxylic acid groups (broad SMARTS) is 1. The predicted molar refractivity (Wildman–Crippen MR) is 380 cm³/mol. The van der Waals surface area contributed by atoms with Crippen molar-refractivity contribution in [3.63, 3.8) is 0 Å². The summed E-state index contributed by atoms with van der Waals surface area (Å²) in [6, 6.07) is 30.9. The second kappa shape index (κ2) is 36.0. The molecule has 0 bridgehead atoms. The molecule has 0 unspecified atom stereocenters. The van der Waals surface area contributed by atoms with Gasteiger partial charge >= 0.3 is 37.3 Å². The standard InChI is InChI=1S/C16H7Cl3F5N.C12H9Cl3N2.C6H5BCl2O2.C6H4ClIN2O2.C6H6ClIN2.C6H5ClN2O2.C3HF5O2/c17-10-3-1-2-8(14(10)19)9-4-7-5-13(15(20,21)16(22,23)24)25-12(7)6-11(9)18;13-8-3-1-2-6(12(8)15)7-4-10(16)11(17)5-9(7)14;8-5-3-1-2-4(6(5)9)7(10)11;7-3-1-5(9)6(10(11)12)2-4(3)8;7-3-1-5(9)6(10)2-4(3)8;7-4-1-2-6(9(10)11)5(8)3-4;4-2(5,1(9)10)3(6,7)8/h1-4,6H,5H2;1-5H,16-17H2;1-3,10-11H;1-2H,9H2;1-2H,9-10H2;1-3H,8H2;(H,9,10). The molecule has 514 valence electrons. The quantitative estimate of drug-likeness (QED) is 0.0179. The minimum atomic E-state index is -6.02. The molecule has 8 aromatic carbocycles. The van der Waals surface area contributed by atoms with E-state index in [-0.39, 0.29) is 59.6 Å². The van der Waals surface area contributed by atoms with Gasteiger partial charge in [0.2, 0.25) is 0 Å². The number of hydrogen-bond acceptors (Lipinski definition) is 14. The van der Waals surface area contributed by atoms with Crippen LogP contribution in [0.2, 0.25) is 55.2 Å². The molecule has 41 heteroatoms. The zero-order valence-corrected chi connectivity index (χ0v) is 59.3. The van der Waals surface area contributed by atoms with Gasteiger partial charge in [0.25, 0.3) is 11.4 Å². The fourth-order valence-electron chi connectivity index (χ4n) is 6.83. The molecule has 15 N–H and O–H groups in total. The minimum absolute atomic E-state index is 0.0224. The van der Waals surface area contributed by atoms with E-state index in [4.69, 9.17) is 177 Å². The maximum absolute atomic E-state index is 13.5. The summed E-state index contributed by atoms with van der Waals surface area (Å²) in [4.78, 5) is 32.1. The van der Waals surface area contributed by atoms with Crippen LogP contribution < -0.4 is 39.9 Å². The summed E-state index contributed by atoms with van der Waals surface area (Å²) in [5.41, 5.74) is 36.4. The smallest absolute Gasteiger partial charge is 0.477 e. The lowest BCUT2D eigenvalue weighted by atomic mass is 9.80. The molecule has 0 radical (unpaired) electrons. The van der Waals surface area contributed by atoms with E-state index < -0.39 is 59.3 Å². The summed E-state index contributed by atoms with van der Waals surface area (Å²) in [7, 11) is -1.57. The number of nitrogens with zero attached hydrogens (tertiary/aromatic N) is 3. The number of nitro groups is 2.